The van der Waals surface area contributed by atoms with Gasteiger partial charge in [-0.3, -0.25) is 4.79 Å². The molecule has 0 radical (unpaired) electrons. The minimum atomic E-state index is -4.84. The van der Waals surface area contributed by atoms with Crippen LogP contribution in [0.2, 0.25) is 0 Å². The minimum absolute atomic E-state index is 0.0141. The first kappa shape index (κ1) is 41.2. The molecule has 2 amide bonds. The number of amides is 2. The number of aliphatic hydroxyl groups is 2. The minimum Gasteiger partial charge on any atom is -0.406 e. The van der Waals surface area contributed by atoms with E-state index in [4.69, 9.17) is 0 Å². The van der Waals surface area contributed by atoms with E-state index in [2.05, 4.69) is 30.0 Å². The number of ketones is 1. The Hall–Kier alpha value is -4.45. The number of alkyl halides is 3. The van der Waals surface area contributed by atoms with E-state index >= 15 is 0 Å². The topological polar surface area (TPSA) is 99.1 Å². The number of ether oxygens (including phenoxy) is 1. The Morgan fingerprint density at radius 3 is 2.41 bits per heavy atom. The zero-order valence-corrected chi connectivity index (χ0v) is 33.2. The first-order chi connectivity index (χ1) is 26.5. The summed E-state index contributed by atoms with van der Waals surface area (Å²) in [7, 11) is 0. The van der Waals surface area contributed by atoms with Gasteiger partial charge < -0.3 is 25.2 Å². The molecular weight excluding hydrogens is 738 g/mol. The smallest absolute Gasteiger partial charge is 0.406 e. The fraction of sp³-hybridized carbons (Fsp3) is 0.422. The fourth-order valence-electron chi connectivity index (χ4n) is 8.52. The molecule has 1 aromatic heterocycles. The lowest BCUT2D eigenvalue weighted by Crippen LogP contribution is -2.55. The summed E-state index contributed by atoms with van der Waals surface area (Å²) in [4.78, 5) is 31.8. The number of urea groups is 1. The quantitative estimate of drug-likeness (QED) is 0.116. The van der Waals surface area contributed by atoms with E-state index < -0.39 is 29.5 Å². The summed E-state index contributed by atoms with van der Waals surface area (Å²) in [5.41, 5.74) is 2.64. The summed E-state index contributed by atoms with van der Waals surface area (Å²) >= 11 is 1.44. The van der Waals surface area contributed by atoms with Crippen molar-refractivity contribution in [2.75, 3.05) is 6.54 Å². The number of hydrogen-bond donors (Lipinski definition) is 3. The fourth-order valence-corrected chi connectivity index (χ4v) is 9.34. The van der Waals surface area contributed by atoms with Gasteiger partial charge in [-0.15, -0.1) is 24.5 Å². The van der Waals surface area contributed by atoms with Crippen molar-refractivity contribution in [3.05, 3.63) is 134 Å². The van der Waals surface area contributed by atoms with Gasteiger partial charge in [0.25, 0.3) is 0 Å². The first-order valence-corrected chi connectivity index (χ1v) is 20.1. The Labute approximate surface area is 331 Å². The van der Waals surface area contributed by atoms with Gasteiger partial charge in [0, 0.05) is 22.4 Å². The molecule has 1 saturated carbocycles. The van der Waals surface area contributed by atoms with E-state index in [0.29, 0.717) is 60.9 Å². The van der Waals surface area contributed by atoms with Gasteiger partial charge in [0.1, 0.15) is 5.75 Å². The molecule has 3 N–H and O–H groups in total. The Morgan fingerprint density at radius 1 is 1.00 bits per heavy atom. The van der Waals surface area contributed by atoms with Gasteiger partial charge >= 0.3 is 12.4 Å². The van der Waals surface area contributed by atoms with Crippen molar-refractivity contribution in [3.8, 4) is 5.75 Å². The summed E-state index contributed by atoms with van der Waals surface area (Å²) in [5.74, 6) is -0.717. The maximum Gasteiger partial charge on any atom is 0.573 e. The molecule has 7 rings (SSSR count). The maximum atomic E-state index is 14.3. The van der Waals surface area contributed by atoms with E-state index in [0.717, 1.165) is 27.1 Å². The molecule has 3 aromatic carbocycles. The van der Waals surface area contributed by atoms with Gasteiger partial charge in [-0.25, -0.2) is 4.79 Å². The van der Waals surface area contributed by atoms with Gasteiger partial charge in [-0.05, 0) is 124 Å². The van der Waals surface area contributed by atoms with Crippen LogP contribution < -0.4 is 10.1 Å². The van der Waals surface area contributed by atoms with Gasteiger partial charge in [-0.2, -0.15) is 0 Å². The van der Waals surface area contributed by atoms with Crippen LogP contribution in [0.15, 0.2) is 96.6 Å². The third-order valence-corrected chi connectivity index (χ3v) is 12.8. The number of fused-ring (bicyclic) bond motifs is 8. The van der Waals surface area contributed by atoms with Crippen LogP contribution in [0.1, 0.15) is 114 Å². The lowest BCUT2D eigenvalue weighted by molar-refractivity contribution is -0.274. The summed E-state index contributed by atoms with van der Waals surface area (Å²) in [5, 5.41) is 27.1. The standard InChI is InChI=1S/C45H51F3N2O5S/c1-29-9-8-23-43(4)39(37-20-16-33(25-35(51)17-12-29)26-38(37)41(52)40-21-13-30(2)56-40)22-24-44(43,54)28-50(42(53)49-31(3)34-10-6-5-7-11-34)27-32-14-18-36(19-15-32)55-45(46,47)48/h5-7,9-11,13-16,18-21,26,31,35,39,51,54H,8,12,17,22-25,27-28H2,1-4H3,(H,49,53). The first-order valence-electron chi connectivity index (χ1n) is 19.3. The van der Waals surface area contributed by atoms with Crippen molar-refractivity contribution in [2.24, 2.45) is 5.41 Å². The van der Waals surface area contributed by atoms with Gasteiger partial charge in [-0.1, -0.05) is 73.2 Å². The number of thiophene rings is 1. The number of aliphatic hydroxyl groups excluding tert-OH is 1. The zero-order chi connectivity index (χ0) is 40.3. The van der Waals surface area contributed by atoms with Crippen molar-refractivity contribution in [3.63, 3.8) is 0 Å². The van der Waals surface area contributed by atoms with Gasteiger partial charge in [0.2, 0.25) is 5.78 Å². The van der Waals surface area contributed by atoms with Crippen molar-refractivity contribution < 1.29 is 37.7 Å². The Balaban J connectivity index is 1.39. The summed E-state index contributed by atoms with van der Waals surface area (Å²) in [6.07, 6.45) is 0.571. The molecular formula is C45H51F3N2O5S. The highest BCUT2D eigenvalue weighted by Crippen LogP contribution is 2.59. The van der Waals surface area contributed by atoms with Crippen LogP contribution in [0.4, 0.5) is 18.0 Å². The summed E-state index contributed by atoms with van der Waals surface area (Å²) in [6.45, 7) is 7.91. The number of halogens is 3. The average Bonchev–Trinajstić information content (AvgIpc) is 3.70. The Morgan fingerprint density at radius 2 is 1.73 bits per heavy atom. The SMILES string of the molecule is CC1=CCCC2(C)C(CCC2(O)CN(Cc2ccc(OC(F)(F)F)cc2)C(=O)NC(C)c2ccccc2)c2ccc(cc2C(=O)c2ccc(C)s2)CC(O)CC1. The number of rotatable bonds is 9. The van der Waals surface area contributed by atoms with Crippen LogP contribution >= 0.6 is 11.3 Å². The predicted molar refractivity (Wildman–Crippen MR) is 213 cm³/mol. The molecule has 4 aromatic rings. The van der Waals surface area contributed by atoms with E-state index in [1.165, 1.54) is 35.6 Å². The van der Waals surface area contributed by atoms with Crippen molar-refractivity contribution in [1.82, 2.24) is 10.2 Å². The van der Waals surface area contributed by atoms with Crippen LogP contribution in [0.25, 0.3) is 0 Å². The van der Waals surface area contributed by atoms with Crippen molar-refractivity contribution in [2.45, 2.75) is 109 Å². The van der Waals surface area contributed by atoms with Crippen LogP contribution in [-0.2, 0) is 13.0 Å². The van der Waals surface area contributed by atoms with E-state index in [1.807, 2.05) is 74.5 Å². The molecule has 7 nitrogen and oxygen atoms in total. The van der Waals surface area contributed by atoms with Crippen molar-refractivity contribution >= 4 is 23.2 Å². The third-order valence-electron chi connectivity index (χ3n) is 11.8. The highest BCUT2D eigenvalue weighted by Gasteiger charge is 2.57. The Bertz CT molecular complexity index is 2030. The molecule has 3 aliphatic rings. The second-order valence-electron chi connectivity index (χ2n) is 15.8. The lowest BCUT2D eigenvalue weighted by Gasteiger charge is -2.46. The highest BCUT2D eigenvalue weighted by molar-refractivity contribution is 7.14. The second kappa shape index (κ2) is 17.0. The number of hydrogen-bond acceptors (Lipinski definition) is 6. The number of carbonyl (C=O) groups excluding carboxylic acids is 2. The maximum absolute atomic E-state index is 14.3. The number of nitrogens with zero attached hydrogens (tertiary/aromatic N) is 1. The second-order valence-corrected chi connectivity index (χ2v) is 17.1. The predicted octanol–water partition coefficient (Wildman–Crippen LogP) is 10.2. The molecule has 2 bridgehead atoms. The molecule has 1 fully saturated rings. The number of allylic oxidation sites excluding steroid dienone is 2. The summed E-state index contributed by atoms with van der Waals surface area (Å²) < 4.78 is 42.9. The van der Waals surface area contributed by atoms with Crippen molar-refractivity contribution in [1.29, 1.82) is 0 Å². The van der Waals surface area contributed by atoms with E-state index in [9.17, 15) is 33.0 Å². The Kier molecular flexibility index (Phi) is 12.5. The zero-order valence-electron chi connectivity index (χ0n) is 32.4. The number of carbonyl (C=O) groups is 2. The van der Waals surface area contributed by atoms with E-state index in [-0.39, 0.29) is 36.6 Å². The molecule has 5 unspecified atom stereocenters. The monoisotopic (exact) mass is 788 g/mol. The molecule has 0 saturated heterocycles. The third kappa shape index (κ3) is 9.56. The summed E-state index contributed by atoms with van der Waals surface area (Å²) in [6, 6.07) is 23.8. The lowest BCUT2D eigenvalue weighted by atomic mass is 9.64. The largest absolute Gasteiger partial charge is 0.573 e. The number of aryl methyl sites for hydroxylation is 1. The van der Waals surface area contributed by atoms with Crippen LogP contribution in [0.5, 0.6) is 5.75 Å². The normalized spacial score (nSPS) is 23.4. The molecule has 0 aliphatic heterocycles. The molecule has 56 heavy (non-hydrogen) atoms. The van der Waals surface area contributed by atoms with Crippen LogP contribution in [0, 0.1) is 12.3 Å². The molecule has 0 spiro atoms. The molecule has 1 heterocycles. The number of nitrogens with one attached hydrogen (secondary N) is 1. The van der Waals surface area contributed by atoms with Gasteiger partial charge in [0.15, 0.2) is 0 Å². The molecule has 298 valence electrons. The average molecular weight is 789 g/mol. The molecule has 5 atom stereocenters. The van der Waals surface area contributed by atoms with E-state index in [1.54, 1.807) is 4.90 Å². The molecule has 11 heteroatoms. The number of benzene rings is 3. The highest BCUT2D eigenvalue weighted by atomic mass is 32.1. The van der Waals surface area contributed by atoms with Gasteiger partial charge in [0.05, 0.1) is 29.2 Å². The van der Waals surface area contributed by atoms with Crippen LogP contribution in [-0.4, -0.2) is 51.5 Å². The van der Waals surface area contributed by atoms with Crippen LogP contribution in [0.3, 0.4) is 0 Å². The molecule has 3 aliphatic carbocycles.